The van der Waals surface area contributed by atoms with E-state index in [9.17, 15) is 4.79 Å². The second-order valence-corrected chi connectivity index (χ2v) is 7.93. The summed E-state index contributed by atoms with van der Waals surface area (Å²) >= 11 is 0. The summed E-state index contributed by atoms with van der Waals surface area (Å²) in [6.45, 7) is 8.89. The molecular weight excluding hydrogens is 245 g/mol. The lowest BCUT2D eigenvalue weighted by atomic mass is 9.69. The zero-order valence-corrected chi connectivity index (χ0v) is 14.1. The summed E-state index contributed by atoms with van der Waals surface area (Å²) in [5.41, 5.74) is 0. The Labute approximate surface area is 126 Å². The molecule has 1 aliphatic heterocycles. The number of hydrogen-bond acceptors (Lipinski definition) is 1. The Hall–Kier alpha value is -0.465. The Balaban J connectivity index is 2.25. The maximum atomic E-state index is 12.9. The molecule has 4 unspecified atom stereocenters. The highest BCUT2D eigenvalue weighted by Gasteiger charge is 2.48. The van der Waals surface area contributed by atoms with Crippen molar-refractivity contribution in [2.45, 2.75) is 84.1 Å². The molecule has 1 aliphatic carbocycles. The molecule has 0 N–H and O–H groups in total. The van der Waals surface area contributed by atoms with Gasteiger partial charge in [-0.25, -0.2) is 0 Å². The number of hydrogen-bond donors (Lipinski definition) is 0. The quantitative estimate of drug-likeness (QED) is 0.725. The van der Waals surface area contributed by atoms with E-state index in [2.05, 4.69) is 40.4 Å². The Bertz CT molecular complexity index is 342. The van der Waals surface area contributed by atoms with Gasteiger partial charge >= 0.3 is 0 Å². The number of amides is 1. The number of rotatable bonds is 3. The van der Waals surface area contributed by atoms with E-state index >= 15 is 0 Å². The molecule has 0 bridgehead atoms. The predicted molar refractivity (Wildman–Crippen MR) is 87.6 cm³/mol. The average molecular weight is 277 g/mol. The summed E-state index contributed by atoms with van der Waals surface area (Å²) in [5.74, 6) is 2.78. The molecular formula is C17H32BNO. The van der Waals surface area contributed by atoms with Gasteiger partial charge in [-0.3, -0.25) is 4.79 Å². The Kier molecular flexibility index (Phi) is 5.20. The van der Waals surface area contributed by atoms with Crippen LogP contribution in [0.2, 0.25) is 5.82 Å². The molecule has 0 aromatic rings. The van der Waals surface area contributed by atoms with Crippen LogP contribution in [0.3, 0.4) is 0 Å². The first-order valence-electron chi connectivity index (χ1n) is 8.74. The molecule has 1 heterocycles. The lowest BCUT2D eigenvalue weighted by Crippen LogP contribution is -2.41. The second kappa shape index (κ2) is 6.53. The Morgan fingerprint density at radius 3 is 2.45 bits per heavy atom. The van der Waals surface area contributed by atoms with Crippen LogP contribution in [0.1, 0.15) is 66.2 Å². The summed E-state index contributed by atoms with van der Waals surface area (Å²) < 4.78 is 0. The molecule has 1 saturated heterocycles. The zero-order chi connectivity index (χ0) is 14.9. The highest BCUT2D eigenvalue weighted by atomic mass is 16.2. The van der Waals surface area contributed by atoms with Crippen molar-refractivity contribution in [1.29, 1.82) is 0 Å². The normalized spacial score (nSPS) is 35.3. The number of carbonyl (C=O) groups is 1. The lowest BCUT2D eigenvalue weighted by molar-refractivity contribution is -0.134. The Morgan fingerprint density at radius 2 is 1.85 bits per heavy atom. The van der Waals surface area contributed by atoms with Crippen molar-refractivity contribution in [2.24, 2.45) is 17.8 Å². The van der Waals surface area contributed by atoms with Crippen LogP contribution < -0.4 is 0 Å². The van der Waals surface area contributed by atoms with Gasteiger partial charge < -0.3 is 4.90 Å². The van der Waals surface area contributed by atoms with Crippen LogP contribution in [0, 0.1) is 17.8 Å². The van der Waals surface area contributed by atoms with Crippen LogP contribution in [-0.2, 0) is 4.79 Å². The van der Waals surface area contributed by atoms with Gasteiger partial charge in [0.05, 0.1) is 0 Å². The van der Waals surface area contributed by atoms with Crippen LogP contribution in [0.15, 0.2) is 0 Å². The summed E-state index contributed by atoms with van der Waals surface area (Å²) in [5, 5.41) is 0. The van der Waals surface area contributed by atoms with Crippen LogP contribution in [0.4, 0.5) is 0 Å². The van der Waals surface area contributed by atoms with E-state index in [4.69, 9.17) is 0 Å². The molecule has 3 heteroatoms. The van der Waals surface area contributed by atoms with Crippen molar-refractivity contribution in [3.05, 3.63) is 0 Å². The van der Waals surface area contributed by atoms with E-state index in [-0.39, 0.29) is 0 Å². The molecule has 1 amide bonds. The van der Waals surface area contributed by atoms with Crippen LogP contribution in [0.25, 0.3) is 0 Å². The standard InChI is InChI=1S/C17H32BNO/c1-11(2)9-15-14-10-13(18)7-5-6-8-16(14)19(12(3)4)17(15)20/h11-16H,5-10,18H2,1-4H3. The van der Waals surface area contributed by atoms with Gasteiger partial charge in [0.15, 0.2) is 0 Å². The van der Waals surface area contributed by atoms with E-state index in [1.165, 1.54) is 32.1 Å². The first-order chi connectivity index (χ1) is 9.41. The van der Waals surface area contributed by atoms with E-state index in [1.807, 2.05) is 0 Å². The molecule has 2 aliphatic rings. The molecule has 0 aromatic heterocycles. The first-order valence-corrected chi connectivity index (χ1v) is 8.74. The van der Waals surface area contributed by atoms with Gasteiger partial charge in [-0.2, -0.15) is 0 Å². The number of carbonyl (C=O) groups excluding carboxylic acids is 1. The maximum Gasteiger partial charge on any atom is 0.226 e. The van der Waals surface area contributed by atoms with Crippen molar-refractivity contribution >= 4 is 13.8 Å². The zero-order valence-electron chi connectivity index (χ0n) is 14.1. The summed E-state index contributed by atoms with van der Waals surface area (Å²) in [6.07, 6.45) is 7.58. The number of likely N-dealkylation sites (tertiary alicyclic amines) is 1. The summed E-state index contributed by atoms with van der Waals surface area (Å²) in [7, 11) is 2.39. The number of fused-ring (bicyclic) bond motifs is 1. The van der Waals surface area contributed by atoms with Gasteiger partial charge in [0.2, 0.25) is 5.91 Å². The third-order valence-corrected chi connectivity index (χ3v) is 5.34. The minimum Gasteiger partial charge on any atom is -0.337 e. The van der Waals surface area contributed by atoms with E-state index in [0.717, 1.165) is 12.2 Å². The fourth-order valence-corrected chi connectivity index (χ4v) is 4.54. The molecule has 2 fully saturated rings. The fourth-order valence-electron chi connectivity index (χ4n) is 4.54. The molecule has 2 rings (SSSR count). The largest absolute Gasteiger partial charge is 0.337 e. The van der Waals surface area contributed by atoms with Gasteiger partial charge in [0, 0.05) is 18.0 Å². The topological polar surface area (TPSA) is 20.3 Å². The van der Waals surface area contributed by atoms with E-state index in [0.29, 0.717) is 35.7 Å². The van der Waals surface area contributed by atoms with Gasteiger partial charge in [0.25, 0.3) is 0 Å². The monoisotopic (exact) mass is 277 g/mol. The van der Waals surface area contributed by atoms with E-state index < -0.39 is 0 Å². The van der Waals surface area contributed by atoms with Crippen molar-refractivity contribution in [3.63, 3.8) is 0 Å². The van der Waals surface area contributed by atoms with Gasteiger partial charge in [-0.1, -0.05) is 45.3 Å². The van der Waals surface area contributed by atoms with Gasteiger partial charge in [-0.15, -0.1) is 0 Å². The number of nitrogens with zero attached hydrogens (tertiary/aromatic N) is 1. The van der Waals surface area contributed by atoms with E-state index in [1.54, 1.807) is 0 Å². The molecule has 114 valence electrons. The SMILES string of the molecule is BC1CCCCC2C(C1)C(CC(C)C)C(=O)N2C(C)C. The molecule has 2 nitrogen and oxygen atoms in total. The first kappa shape index (κ1) is 15.9. The predicted octanol–water partition coefficient (Wildman–Crippen LogP) is 3.27. The summed E-state index contributed by atoms with van der Waals surface area (Å²) in [4.78, 5) is 15.2. The highest BCUT2D eigenvalue weighted by molar-refractivity contribution is 6.11. The van der Waals surface area contributed by atoms with Gasteiger partial charge in [-0.05, 0) is 38.5 Å². The third kappa shape index (κ3) is 3.23. The van der Waals surface area contributed by atoms with Crippen LogP contribution in [-0.4, -0.2) is 30.7 Å². The fraction of sp³-hybridized carbons (Fsp3) is 0.941. The second-order valence-electron chi connectivity index (χ2n) is 7.93. The van der Waals surface area contributed by atoms with Crippen molar-refractivity contribution < 1.29 is 4.79 Å². The average Bonchev–Trinajstić information content (AvgIpc) is 2.56. The van der Waals surface area contributed by atoms with Crippen molar-refractivity contribution in [1.82, 2.24) is 4.90 Å². The molecule has 0 aromatic carbocycles. The van der Waals surface area contributed by atoms with Crippen LogP contribution in [0.5, 0.6) is 0 Å². The maximum absolute atomic E-state index is 12.9. The van der Waals surface area contributed by atoms with Crippen molar-refractivity contribution in [2.75, 3.05) is 0 Å². The molecule has 20 heavy (non-hydrogen) atoms. The Morgan fingerprint density at radius 1 is 1.20 bits per heavy atom. The highest BCUT2D eigenvalue weighted by Crippen LogP contribution is 2.44. The molecule has 0 radical (unpaired) electrons. The lowest BCUT2D eigenvalue weighted by Gasteiger charge is -2.34. The molecule has 4 atom stereocenters. The minimum atomic E-state index is 0.294. The molecule has 0 spiro atoms. The van der Waals surface area contributed by atoms with Gasteiger partial charge in [0.1, 0.15) is 7.85 Å². The third-order valence-electron chi connectivity index (χ3n) is 5.34. The molecule has 1 saturated carbocycles. The van der Waals surface area contributed by atoms with Crippen LogP contribution >= 0.6 is 0 Å². The minimum absolute atomic E-state index is 0.294. The smallest absolute Gasteiger partial charge is 0.226 e. The summed E-state index contributed by atoms with van der Waals surface area (Å²) in [6, 6.07) is 0.885. The van der Waals surface area contributed by atoms with Crippen molar-refractivity contribution in [3.8, 4) is 0 Å².